The second kappa shape index (κ2) is 10.1. The Morgan fingerprint density at radius 1 is 0.903 bits per heavy atom. The van der Waals surface area contributed by atoms with Crippen LogP contribution in [-0.4, -0.2) is 61.3 Å². The predicted molar refractivity (Wildman–Crippen MR) is 122 cm³/mol. The predicted octanol–water partition coefficient (Wildman–Crippen LogP) is 3.31. The van der Waals surface area contributed by atoms with Crippen LogP contribution in [0.15, 0.2) is 48.5 Å². The van der Waals surface area contributed by atoms with Crippen LogP contribution in [0.5, 0.6) is 0 Å². The van der Waals surface area contributed by atoms with E-state index < -0.39 is 0 Å². The summed E-state index contributed by atoms with van der Waals surface area (Å²) in [6.07, 6.45) is 2.10. The fraction of sp³-hybridized carbons (Fsp3) is 0.375. The zero-order valence-electron chi connectivity index (χ0n) is 18.4. The summed E-state index contributed by atoms with van der Waals surface area (Å²) in [6, 6.07) is 14.0. The molecule has 1 heterocycles. The third kappa shape index (κ3) is 6.07. The van der Waals surface area contributed by atoms with Gasteiger partial charge in [0.15, 0.2) is 0 Å². The maximum absolute atomic E-state index is 12.6. The summed E-state index contributed by atoms with van der Waals surface area (Å²) >= 11 is 0. The molecule has 3 amide bonds. The number of rotatable bonds is 6. The number of benzene rings is 2. The summed E-state index contributed by atoms with van der Waals surface area (Å²) < 4.78 is 0. The van der Waals surface area contributed by atoms with E-state index in [0.717, 1.165) is 31.6 Å². The normalized spacial score (nSPS) is 14.1. The first-order valence-electron chi connectivity index (χ1n) is 10.6. The van der Waals surface area contributed by atoms with Crippen molar-refractivity contribution in [2.24, 2.45) is 5.92 Å². The van der Waals surface area contributed by atoms with E-state index in [0.29, 0.717) is 22.7 Å². The highest BCUT2D eigenvalue weighted by molar-refractivity contribution is 5.97. The maximum Gasteiger partial charge on any atom is 0.253 e. The highest BCUT2D eigenvalue weighted by Crippen LogP contribution is 2.19. The summed E-state index contributed by atoms with van der Waals surface area (Å²) in [7, 11) is 3.39. The molecule has 0 spiro atoms. The molecule has 7 nitrogen and oxygen atoms in total. The first kappa shape index (κ1) is 22.3. The molecule has 2 aromatic carbocycles. The van der Waals surface area contributed by atoms with E-state index in [-0.39, 0.29) is 24.3 Å². The Kier molecular flexibility index (Phi) is 7.28. The topological polar surface area (TPSA) is 81.8 Å². The molecule has 2 aromatic rings. The smallest absolute Gasteiger partial charge is 0.253 e. The van der Waals surface area contributed by atoms with E-state index in [1.807, 2.05) is 17.0 Å². The van der Waals surface area contributed by atoms with Crippen molar-refractivity contribution in [1.82, 2.24) is 9.80 Å². The fourth-order valence-electron chi connectivity index (χ4n) is 3.47. The lowest BCUT2D eigenvalue weighted by atomic mass is 9.98. The molecule has 0 aromatic heterocycles. The minimum absolute atomic E-state index is 0.0624. The molecule has 3 rings (SSSR count). The van der Waals surface area contributed by atoms with Crippen molar-refractivity contribution in [3.05, 3.63) is 59.7 Å². The van der Waals surface area contributed by atoms with Crippen molar-refractivity contribution in [2.75, 3.05) is 44.4 Å². The average Bonchev–Trinajstić information content (AvgIpc) is 2.78. The number of carbonyl (C=O) groups is 3. The fourth-order valence-corrected chi connectivity index (χ4v) is 3.47. The largest absolute Gasteiger partial charge is 0.376 e. The number of anilines is 2. The molecule has 0 radical (unpaired) electrons. The van der Waals surface area contributed by atoms with E-state index in [2.05, 4.69) is 17.6 Å². The van der Waals surface area contributed by atoms with Gasteiger partial charge < -0.3 is 20.4 Å². The average molecular weight is 423 g/mol. The van der Waals surface area contributed by atoms with Crippen molar-refractivity contribution >= 4 is 29.1 Å². The Hall–Kier alpha value is -3.35. The lowest BCUT2D eigenvalue weighted by molar-refractivity contribution is -0.114. The van der Waals surface area contributed by atoms with Gasteiger partial charge in [-0.05, 0) is 67.3 Å². The number of likely N-dealkylation sites (tertiary alicyclic amines) is 1. The van der Waals surface area contributed by atoms with Gasteiger partial charge in [0.2, 0.25) is 5.91 Å². The summed E-state index contributed by atoms with van der Waals surface area (Å²) in [5, 5.41) is 5.86. The van der Waals surface area contributed by atoms with Crippen molar-refractivity contribution in [3.8, 4) is 0 Å². The van der Waals surface area contributed by atoms with E-state index in [9.17, 15) is 14.4 Å². The van der Waals surface area contributed by atoms with Crippen LogP contribution in [0.2, 0.25) is 0 Å². The summed E-state index contributed by atoms with van der Waals surface area (Å²) in [4.78, 5) is 40.1. The molecule has 0 saturated carbocycles. The molecule has 1 fully saturated rings. The Morgan fingerprint density at radius 2 is 1.45 bits per heavy atom. The molecule has 0 bridgehead atoms. The number of nitrogens with zero attached hydrogens (tertiary/aromatic N) is 2. The second-order valence-corrected chi connectivity index (χ2v) is 8.23. The van der Waals surface area contributed by atoms with Crippen LogP contribution in [-0.2, 0) is 4.79 Å². The minimum atomic E-state index is -0.200. The van der Waals surface area contributed by atoms with Gasteiger partial charge in [-0.25, -0.2) is 0 Å². The minimum Gasteiger partial charge on any atom is -0.376 e. The number of hydrogen-bond acceptors (Lipinski definition) is 4. The number of carbonyl (C=O) groups excluding carboxylic acids is 3. The van der Waals surface area contributed by atoms with Crippen molar-refractivity contribution in [3.63, 3.8) is 0 Å². The molecule has 0 atom stereocenters. The number of piperidine rings is 1. The molecule has 31 heavy (non-hydrogen) atoms. The molecule has 7 heteroatoms. The standard InChI is InChI=1S/C24H30N4O3/c1-17-12-14-28(15-13-17)24(31)19-4-8-20(9-5-19)25-16-22(29)26-21-10-6-18(7-11-21)23(30)27(2)3/h4-11,17,25H,12-16H2,1-3H3,(H,26,29). The molecular formula is C24H30N4O3. The zero-order chi connectivity index (χ0) is 22.4. The van der Waals surface area contributed by atoms with E-state index >= 15 is 0 Å². The van der Waals surface area contributed by atoms with Gasteiger partial charge >= 0.3 is 0 Å². The van der Waals surface area contributed by atoms with Crippen LogP contribution in [0, 0.1) is 5.92 Å². The zero-order valence-corrected chi connectivity index (χ0v) is 18.4. The van der Waals surface area contributed by atoms with E-state index in [1.165, 1.54) is 4.90 Å². The lowest BCUT2D eigenvalue weighted by Crippen LogP contribution is -2.37. The summed E-state index contributed by atoms with van der Waals surface area (Å²) in [6.45, 7) is 3.93. The molecule has 1 aliphatic heterocycles. The Morgan fingerprint density at radius 3 is 2.03 bits per heavy atom. The van der Waals surface area contributed by atoms with Crippen LogP contribution in [0.1, 0.15) is 40.5 Å². The second-order valence-electron chi connectivity index (χ2n) is 8.23. The quantitative estimate of drug-likeness (QED) is 0.748. The van der Waals surface area contributed by atoms with Gasteiger partial charge in [0.1, 0.15) is 0 Å². The Bertz CT molecular complexity index is 915. The summed E-state index contributed by atoms with van der Waals surface area (Å²) in [5.74, 6) is 0.457. The van der Waals surface area contributed by atoms with Crippen molar-refractivity contribution in [1.29, 1.82) is 0 Å². The van der Waals surface area contributed by atoms with E-state index in [4.69, 9.17) is 0 Å². The monoisotopic (exact) mass is 422 g/mol. The van der Waals surface area contributed by atoms with Crippen molar-refractivity contribution < 1.29 is 14.4 Å². The third-order valence-corrected chi connectivity index (χ3v) is 5.48. The SMILES string of the molecule is CC1CCN(C(=O)c2ccc(NCC(=O)Nc3ccc(C(=O)N(C)C)cc3)cc2)CC1. The van der Waals surface area contributed by atoms with E-state index in [1.54, 1.807) is 50.5 Å². The molecule has 164 valence electrons. The highest BCUT2D eigenvalue weighted by Gasteiger charge is 2.21. The number of nitrogens with one attached hydrogen (secondary N) is 2. The van der Waals surface area contributed by atoms with Gasteiger partial charge in [-0.15, -0.1) is 0 Å². The van der Waals surface area contributed by atoms with Gasteiger partial charge in [-0.3, -0.25) is 14.4 Å². The third-order valence-electron chi connectivity index (χ3n) is 5.48. The first-order valence-corrected chi connectivity index (χ1v) is 10.6. The number of amides is 3. The van der Waals surface area contributed by atoms with Gasteiger partial charge in [0.25, 0.3) is 11.8 Å². The molecule has 2 N–H and O–H groups in total. The van der Waals surface area contributed by atoms with Crippen LogP contribution in [0.25, 0.3) is 0 Å². The molecule has 0 unspecified atom stereocenters. The van der Waals surface area contributed by atoms with Crippen LogP contribution in [0.3, 0.4) is 0 Å². The van der Waals surface area contributed by atoms with Gasteiger partial charge in [-0.2, -0.15) is 0 Å². The van der Waals surface area contributed by atoms with Crippen molar-refractivity contribution in [2.45, 2.75) is 19.8 Å². The van der Waals surface area contributed by atoms with Crippen LogP contribution in [0.4, 0.5) is 11.4 Å². The van der Waals surface area contributed by atoms with Crippen LogP contribution < -0.4 is 10.6 Å². The van der Waals surface area contributed by atoms with Gasteiger partial charge in [0, 0.05) is 49.7 Å². The first-order chi connectivity index (χ1) is 14.8. The lowest BCUT2D eigenvalue weighted by Gasteiger charge is -2.30. The molecule has 1 saturated heterocycles. The summed E-state index contributed by atoms with van der Waals surface area (Å²) in [5.41, 5.74) is 2.62. The highest BCUT2D eigenvalue weighted by atomic mass is 16.2. The molecule has 1 aliphatic rings. The number of hydrogen-bond donors (Lipinski definition) is 2. The molecule has 0 aliphatic carbocycles. The Balaban J connectivity index is 1.48. The maximum atomic E-state index is 12.6. The molecular weight excluding hydrogens is 392 g/mol. The Labute approximate surface area is 183 Å². The van der Waals surface area contributed by atoms with Gasteiger partial charge in [0.05, 0.1) is 6.54 Å². The van der Waals surface area contributed by atoms with Crippen LogP contribution >= 0.6 is 0 Å². The van der Waals surface area contributed by atoms with Gasteiger partial charge in [-0.1, -0.05) is 6.92 Å².